The Morgan fingerprint density at radius 2 is 2.33 bits per heavy atom. The zero-order valence-electron chi connectivity index (χ0n) is 6.61. The predicted octanol–water partition coefficient (Wildman–Crippen LogP) is 0.734. The van der Waals surface area contributed by atoms with Gasteiger partial charge in [0.05, 0.1) is 11.0 Å². The average Bonchev–Trinajstić information content (AvgIpc) is 2.12. The molecule has 1 radical (unpaired) electrons. The fourth-order valence-electron chi connectivity index (χ4n) is 1.13. The van der Waals surface area contributed by atoms with Gasteiger partial charge in [-0.25, -0.2) is 0 Å². The van der Waals surface area contributed by atoms with Crippen molar-refractivity contribution in [1.29, 1.82) is 0 Å². The number of aromatic nitrogens is 2. The molecule has 0 saturated carbocycles. The van der Waals surface area contributed by atoms with Gasteiger partial charge in [-0.3, -0.25) is 9.78 Å². The molecule has 0 atom stereocenters. The fourth-order valence-corrected chi connectivity index (χ4v) is 1.13. The highest BCUT2D eigenvalue weighted by Gasteiger charge is 1.97. The topological polar surface area (TPSA) is 34.9 Å². The highest BCUT2D eigenvalue weighted by Crippen LogP contribution is 2.04. The molecule has 2 aromatic rings. The van der Waals surface area contributed by atoms with Crippen LogP contribution in [-0.2, 0) is 7.05 Å². The fraction of sp³-hybridized carbons (Fsp3) is 0.111. The molecule has 0 amide bonds. The molecule has 2 aromatic heterocycles. The van der Waals surface area contributed by atoms with Crippen molar-refractivity contribution in [2.75, 3.05) is 0 Å². The molecule has 12 heavy (non-hydrogen) atoms. The Hall–Kier alpha value is -1.64. The minimum atomic E-state index is -0.0354. The smallest absolute Gasteiger partial charge is 0.250 e. The van der Waals surface area contributed by atoms with E-state index >= 15 is 0 Å². The second-order valence-electron chi connectivity index (χ2n) is 2.55. The normalized spacial score (nSPS) is 10.4. The molecule has 0 bridgehead atoms. The summed E-state index contributed by atoms with van der Waals surface area (Å²) in [6.07, 6.45) is 1.66. The number of pyridine rings is 2. The molecule has 3 nitrogen and oxygen atoms in total. The minimum Gasteiger partial charge on any atom is -0.309 e. The van der Waals surface area contributed by atoms with Gasteiger partial charge in [-0.1, -0.05) is 0 Å². The van der Waals surface area contributed by atoms with Crippen LogP contribution in [0.4, 0.5) is 0 Å². The third-order valence-corrected chi connectivity index (χ3v) is 1.80. The molecule has 0 aliphatic carbocycles. The number of nitrogens with zero attached hydrogens (tertiary/aromatic N) is 2. The second-order valence-corrected chi connectivity index (χ2v) is 2.55. The standard InChI is InChI=1S/C9H7N2O/c1-11-8-3-2-6-10-7(8)4-5-9(11)12/h2,4-6H,1H3. The van der Waals surface area contributed by atoms with E-state index in [4.69, 9.17) is 0 Å². The van der Waals surface area contributed by atoms with E-state index in [1.165, 1.54) is 10.6 Å². The number of aryl methyl sites for hydroxylation is 1. The van der Waals surface area contributed by atoms with E-state index in [-0.39, 0.29) is 5.56 Å². The molecule has 3 heteroatoms. The van der Waals surface area contributed by atoms with Gasteiger partial charge in [0.25, 0.3) is 5.56 Å². The Balaban J connectivity index is 3.01. The summed E-state index contributed by atoms with van der Waals surface area (Å²) in [4.78, 5) is 15.2. The van der Waals surface area contributed by atoms with Crippen molar-refractivity contribution in [1.82, 2.24) is 9.55 Å². The van der Waals surface area contributed by atoms with Crippen molar-refractivity contribution in [3.8, 4) is 0 Å². The SMILES string of the molecule is Cn1c(=O)ccc2ncc[c]c21. The van der Waals surface area contributed by atoms with Crippen LogP contribution in [0.25, 0.3) is 11.0 Å². The summed E-state index contributed by atoms with van der Waals surface area (Å²) in [5.41, 5.74) is 1.50. The third kappa shape index (κ3) is 0.906. The highest BCUT2D eigenvalue weighted by molar-refractivity contribution is 5.73. The molecule has 0 fully saturated rings. The Labute approximate surface area is 69.3 Å². The van der Waals surface area contributed by atoms with Crippen molar-refractivity contribution in [3.05, 3.63) is 40.8 Å². The van der Waals surface area contributed by atoms with Crippen molar-refractivity contribution < 1.29 is 0 Å². The zero-order valence-corrected chi connectivity index (χ0v) is 6.61. The quantitative estimate of drug-likeness (QED) is 0.568. The van der Waals surface area contributed by atoms with Gasteiger partial charge in [0.15, 0.2) is 0 Å². The summed E-state index contributed by atoms with van der Waals surface area (Å²) < 4.78 is 1.53. The minimum absolute atomic E-state index is 0.0354. The highest BCUT2D eigenvalue weighted by atomic mass is 16.1. The number of rotatable bonds is 0. The summed E-state index contributed by atoms with van der Waals surface area (Å²) in [5, 5.41) is 0. The summed E-state index contributed by atoms with van der Waals surface area (Å²) in [6.45, 7) is 0. The Morgan fingerprint density at radius 3 is 3.17 bits per heavy atom. The Morgan fingerprint density at radius 1 is 1.50 bits per heavy atom. The molecule has 0 aromatic carbocycles. The lowest BCUT2D eigenvalue weighted by Crippen LogP contribution is -2.15. The molecule has 0 unspecified atom stereocenters. The maximum absolute atomic E-state index is 11.1. The van der Waals surface area contributed by atoms with Crippen LogP contribution < -0.4 is 5.56 Å². The lowest BCUT2D eigenvalue weighted by atomic mass is 10.3. The van der Waals surface area contributed by atoms with Gasteiger partial charge in [-0.2, -0.15) is 0 Å². The van der Waals surface area contributed by atoms with Crippen molar-refractivity contribution in [2.24, 2.45) is 7.05 Å². The van der Waals surface area contributed by atoms with E-state index in [1.54, 1.807) is 25.4 Å². The van der Waals surface area contributed by atoms with Crippen LogP contribution in [0.1, 0.15) is 0 Å². The largest absolute Gasteiger partial charge is 0.309 e. The first-order chi connectivity index (χ1) is 5.79. The second kappa shape index (κ2) is 2.44. The Kier molecular flexibility index (Phi) is 1.43. The van der Waals surface area contributed by atoms with E-state index in [9.17, 15) is 4.79 Å². The summed E-state index contributed by atoms with van der Waals surface area (Å²) in [7, 11) is 1.71. The molecule has 2 rings (SSSR count). The zero-order chi connectivity index (χ0) is 8.55. The average molecular weight is 159 g/mol. The molecule has 59 valence electrons. The first-order valence-electron chi connectivity index (χ1n) is 3.61. The maximum atomic E-state index is 11.1. The lowest BCUT2D eigenvalue weighted by molar-refractivity contribution is 0.902. The van der Waals surface area contributed by atoms with Crippen molar-refractivity contribution in [2.45, 2.75) is 0 Å². The van der Waals surface area contributed by atoms with Crippen LogP contribution in [0.2, 0.25) is 0 Å². The predicted molar refractivity (Wildman–Crippen MR) is 45.8 cm³/mol. The summed E-state index contributed by atoms with van der Waals surface area (Å²) in [6, 6.07) is 7.86. The number of hydrogen-bond donors (Lipinski definition) is 0. The summed E-state index contributed by atoms with van der Waals surface area (Å²) in [5.74, 6) is 0. The van der Waals surface area contributed by atoms with Gasteiger partial charge in [-0.05, 0) is 12.1 Å². The monoisotopic (exact) mass is 159 g/mol. The molecule has 0 N–H and O–H groups in total. The molecule has 0 aliphatic heterocycles. The first-order valence-corrected chi connectivity index (χ1v) is 3.61. The molecule has 0 spiro atoms. The third-order valence-electron chi connectivity index (χ3n) is 1.80. The van der Waals surface area contributed by atoms with Gasteiger partial charge in [0, 0.05) is 25.4 Å². The van der Waals surface area contributed by atoms with E-state index in [2.05, 4.69) is 11.1 Å². The van der Waals surface area contributed by atoms with Gasteiger partial charge in [0.1, 0.15) is 0 Å². The van der Waals surface area contributed by atoms with E-state index < -0.39 is 0 Å². The van der Waals surface area contributed by atoms with Crippen LogP contribution in [0.15, 0.2) is 29.2 Å². The van der Waals surface area contributed by atoms with Gasteiger partial charge in [0.2, 0.25) is 0 Å². The van der Waals surface area contributed by atoms with Crippen LogP contribution in [0, 0.1) is 6.07 Å². The van der Waals surface area contributed by atoms with Gasteiger partial charge >= 0.3 is 0 Å². The Bertz CT molecular complexity index is 473. The molecular formula is C9H7N2O. The van der Waals surface area contributed by atoms with Gasteiger partial charge in [-0.15, -0.1) is 0 Å². The molecule has 0 saturated heterocycles. The first kappa shape index (κ1) is 7.03. The molecular weight excluding hydrogens is 152 g/mol. The van der Waals surface area contributed by atoms with Crippen LogP contribution in [0.5, 0.6) is 0 Å². The molecule has 0 aliphatic rings. The summed E-state index contributed by atoms with van der Waals surface area (Å²) >= 11 is 0. The van der Waals surface area contributed by atoms with Crippen LogP contribution >= 0.6 is 0 Å². The van der Waals surface area contributed by atoms with Crippen molar-refractivity contribution >= 4 is 11.0 Å². The lowest BCUT2D eigenvalue weighted by Gasteiger charge is -2.00. The van der Waals surface area contributed by atoms with Gasteiger partial charge < -0.3 is 4.57 Å². The maximum Gasteiger partial charge on any atom is 0.250 e. The number of fused-ring (bicyclic) bond motifs is 1. The van der Waals surface area contributed by atoms with E-state index in [1.807, 2.05) is 0 Å². The van der Waals surface area contributed by atoms with Crippen molar-refractivity contribution in [3.63, 3.8) is 0 Å². The van der Waals surface area contributed by atoms with E-state index in [0.717, 1.165) is 11.0 Å². The van der Waals surface area contributed by atoms with Crippen LogP contribution in [0.3, 0.4) is 0 Å². The number of hydrogen-bond acceptors (Lipinski definition) is 2. The molecule has 2 heterocycles. The van der Waals surface area contributed by atoms with E-state index in [0.29, 0.717) is 0 Å². The van der Waals surface area contributed by atoms with Crippen LogP contribution in [-0.4, -0.2) is 9.55 Å².